The Morgan fingerprint density at radius 3 is 1.05 bits per heavy atom. The minimum atomic E-state index is -1.59. The molecule has 290 valence electrons. The molecule has 16 bridgehead atoms. The van der Waals surface area contributed by atoms with Crippen LogP contribution in [0.4, 0.5) is 35.1 Å². The normalized spacial score (nSPS) is 11.5. The molecule has 10 heteroatoms. The zero-order chi connectivity index (χ0) is 41.3. The fraction of sp³-hybridized carbons (Fsp3) is 0.0204. The molecule has 0 spiro atoms. The average molecular weight is 798 g/mol. The minimum absolute atomic E-state index is 0.0801. The number of nitrogens with zero attached hydrogens (tertiary/aromatic N) is 1. The van der Waals surface area contributed by atoms with Crippen molar-refractivity contribution in [2.24, 2.45) is 0 Å². The van der Waals surface area contributed by atoms with E-state index in [1.54, 1.807) is 72.8 Å². The van der Waals surface area contributed by atoms with E-state index in [9.17, 15) is 0 Å². The van der Waals surface area contributed by atoms with E-state index in [0.29, 0.717) is 44.6 Å². The van der Waals surface area contributed by atoms with Crippen molar-refractivity contribution in [3.8, 4) is 94.9 Å². The number of aromatic nitrogens is 1. The first-order valence-electron chi connectivity index (χ1n) is 18.1. The first-order chi connectivity index (χ1) is 28.4. The van der Waals surface area contributed by atoms with Crippen molar-refractivity contribution in [3.05, 3.63) is 187 Å². The summed E-state index contributed by atoms with van der Waals surface area (Å²) in [5.41, 5.74) is 0.775. The first-order valence-corrected chi connectivity index (χ1v) is 18.1. The highest BCUT2D eigenvalue weighted by molar-refractivity contribution is 5.81. The van der Waals surface area contributed by atoms with Crippen LogP contribution in [0.1, 0.15) is 0 Å². The Morgan fingerprint density at radius 1 is 0.356 bits per heavy atom. The lowest BCUT2D eigenvalue weighted by Gasteiger charge is -2.16. The van der Waals surface area contributed by atoms with Crippen LogP contribution < -0.4 is 9.30 Å². The van der Waals surface area contributed by atoms with E-state index in [1.165, 1.54) is 72.5 Å². The highest BCUT2D eigenvalue weighted by atomic mass is 19.2. The maximum absolute atomic E-state index is 15.8. The van der Waals surface area contributed by atoms with Crippen LogP contribution in [0.3, 0.4) is 0 Å². The molecule has 0 N–H and O–H groups in total. The second-order valence-electron chi connectivity index (χ2n) is 14.0. The molecule has 0 radical (unpaired) electrons. The lowest BCUT2D eigenvalue weighted by Crippen LogP contribution is -2.28. The van der Waals surface area contributed by atoms with Crippen LogP contribution in [0.15, 0.2) is 134 Å². The van der Waals surface area contributed by atoms with Gasteiger partial charge in [0.25, 0.3) is 0 Å². The molecule has 12 heterocycles. The Bertz CT molecular complexity index is 2920. The van der Waals surface area contributed by atoms with Gasteiger partial charge in [0.15, 0.2) is 46.5 Å². The average Bonchev–Trinajstić information content (AvgIpc) is 3.26. The van der Waals surface area contributed by atoms with Gasteiger partial charge in [-0.1, -0.05) is 115 Å². The number of ether oxygens (including phenoxy) is 1. The second kappa shape index (κ2) is 14.3. The van der Waals surface area contributed by atoms with Gasteiger partial charge < -0.3 is 9.30 Å². The van der Waals surface area contributed by atoms with E-state index in [0.717, 1.165) is 0 Å². The quantitative estimate of drug-likeness (QED) is 0.0698. The largest absolute Gasteiger partial charge is 0.496 e. The summed E-state index contributed by atoms with van der Waals surface area (Å²) in [7, 11) is 5.27. The van der Waals surface area contributed by atoms with Gasteiger partial charge in [0, 0.05) is 12.6 Å². The standard InChI is InChI=1S/C49H27F8NO/c1-58-24-34-20-22-36(58)30-13-5-26(6-14-30)28-9-17-32(18-10-28)39-44(52)42(50)38(43(51)45(39)53)31-15-7-27(8-16-31)25-3-11-29(12-4-25)35-21-19-33(23-37(35)59-2)40-46(54)48(56)41(34)49(57)47(40)55/h3-24H,1H2,2H3. The van der Waals surface area contributed by atoms with Crippen molar-refractivity contribution >= 4 is 0 Å². The summed E-state index contributed by atoms with van der Waals surface area (Å²) in [6, 6.07) is 32.4. The zero-order valence-electron chi connectivity index (χ0n) is 30.8. The molecule has 0 saturated carbocycles. The van der Waals surface area contributed by atoms with Crippen molar-refractivity contribution in [2.45, 2.75) is 0 Å². The van der Waals surface area contributed by atoms with E-state index in [2.05, 4.69) is 7.05 Å². The topological polar surface area (TPSA) is 13.1 Å². The molecule has 30 rings (SSSR count). The number of methoxy groups -OCH3 is 1. The molecule has 0 atom stereocenters. The third-order valence-corrected chi connectivity index (χ3v) is 10.7. The predicted octanol–water partition coefficient (Wildman–Crippen LogP) is 13.4. The van der Waals surface area contributed by atoms with Gasteiger partial charge in [0.2, 0.25) is 0 Å². The first kappa shape index (κ1) is 37.4. The monoisotopic (exact) mass is 797 g/mol. The molecule has 0 saturated heterocycles. The fourth-order valence-corrected chi connectivity index (χ4v) is 7.65. The van der Waals surface area contributed by atoms with Gasteiger partial charge in [-0.2, -0.15) is 0 Å². The Kier molecular flexibility index (Phi) is 9.07. The summed E-state index contributed by atoms with van der Waals surface area (Å²) in [5.74, 6) is -12.3. The van der Waals surface area contributed by atoms with Crippen molar-refractivity contribution in [1.82, 2.24) is 0 Å². The van der Waals surface area contributed by atoms with E-state index in [4.69, 9.17) is 4.74 Å². The van der Waals surface area contributed by atoms with Crippen LogP contribution >= 0.6 is 0 Å². The predicted molar refractivity (Wildman–Crippen MR) is 211 cm³/mol. The summed E-state index contributed by atoms with van der Waals surface area (Å²) < 4.78 is 133. The third kappa shape index (κ3) is 6.10. The molecule has 8 aromatic rings. The lowest BCUT2D eigenvalue weighted by atomic mass is 9.93. The summed E-state index contributed by atoms with van der Waals surface area (Å²) in [6.07, 6.45) is 1.25. The van der Waals surface area contributed by atoms with Gasteiger partial charge in [-0.25, -0.2) is 35.1 Å². The molecule has 0 fully saturated rings. The molecular formula is C49H27F8NO. The molecular weight excluding hydrogens is 771 g/mol. The number of benzene rings is 7. The minimum Gasteiger partial charge on any atom is -0.496 e. The Morgan fingerprint density at radius 2 is 0.661 bits per heavy atom. The van der Waals surface area contributed by atoms with Crippen molar-refractivity contribution in [3.63, 3.8) is 0 Å². The van der Waals surface area contributed by atoms with E-state index in [1.807, 2.05) is 0 Å². The molecule has 7 aromatic carbocycles. The van der Waals surface area contributed by atoms with E-state index in [-0.39, 0.29) is 28.0 Å². The summed E-state index contributed by atoms with van der Waals surface area (Å²) in [5, 5.41) is 0. The smallest absolute Gasteiger partial charge is 0.170 e. The molecule has 2 nitrogen and oxygen atoms in total. The number of rotatable bonds is 1. The third-order valence-electron chi connectivity index (χ3n) is 10.7. The maximum Gasteiger partial charge on any atom is 0.170 e. The molecule has 0 amide bonds. The van der Waals surface area contributed by atoms with Gasteiger partial charge in [0.1, 0.15) is 11.4 Å². The maximum atomic E-state index is 15.8. The Hall–Kier alpha value is -7.20. The molecule has 59 heavy (non-hydrogen) atoms. The fourth-order valence-electron chi connectivity index (χ4n) is 7.65. The van der Waals surface area contributed by atoms with Crippen LogP contribution in [0.2, 0.25) is 0 Å². The van der Waals surface area contributed by atoms with Gasteiger partial charge in [-0.05, 0) is 67.8 Å². The summed E-state index contributed by atoms with van der Waals surface area (Å²) in [6.45, 7) is 0. The van der Waals surface area contributed by atoms with Crippen LogP contribution in [0.25, 0.3) is 89.1 Å². The molecule has 11 aliphatic carbocycles. The van der Waals surface area contributed by atoms with E-state index >= 15 is 35.1 Å². The van der Waals surface area contributed by atoms with Crippen molar-refractivity contribution < 1.29 is 44.4 Å². The lowest BCUT2D eigenvalue weighted by molar-refractivity contribution is -0.600. The van der Waals surface area contributed by atoms with Crippen LogP contribution in [-0.4, -0.2) is 7.11 Å². The van der Waals surface area contributed by atoms with E-state index < -0.39 is 68.8 Å². The van der Waals surface area contributed by atoms with Crippen molar-refractivity contribution in [2.75, 3.05) is 7.11 Å². The molecule has 0 unspecified atom stereocenters. The number of pyridine rings is 1. The number of hydrogen-bond donors (Lipinski definition) is 0. The zero-order valence-corrected chi connectivity index (χ0v) is 30.8. The van der Waals surface area contributed by atoms with Crippen LogP contribution in [-0.2, 0) is 0 Å². The Labute approximate surface area is 332 Å². The molecule has 22 aliphatic rings. The SMILES string of the molecule is [CH2-][n+]1cc2ccc1-c1ccc(cc1)-c1ccc(cc1)-c1c(F)c(F)c(c(F)c1F)-c1ccc(cc1)-c1ccc(cc1)-c1ccc(cc1OC)-c1c(F)c(F)c-2c(F)c1F. The molecule has 1 aromatic heterocycles. The summed E-state index contributed by atoms with van der Waals surface area (Å²) in [4.78, 5) is 0. The van der Waals surface area contributed by atoms with Gasteiger partial charge in [-0.3, -0.25) is 0 Å². The van der Waals surface area contributed by atoms with Crippen LogP contribution in [0, 0.1) is 53.6 Å². The van der Waals surface area contributed by atoms with Gasteiger partial charge >= 0.3 is 0 Å². The molecule has 11 aliphatic heterocycles. The van der Waals surface area contributed by atoms with Gasteiger partial charge in [-0.15, -0.1) is 0 Å². The number of hydrogen-bond acceptors (Lipinski definition) is 1. The van der Waals surface area contributed by atoms with Crippen LogP contribution in [0.5, 0.6) is 5.75 Å². The Balaban J connectivity index is 1.20. The van der Waals surface area contributed by atoms with Crippen molar-refractivity contribution in [1.29, 1.82) is 0 Å². The number of halogens is 8. The second-order valence-corrected chi connectivity index (χ2v) is 14.0. The summed E-state index contributed by atoms with van der Waals surface area (Å²) >= 11 is 0. The highest BCUT2D eigenvalue weighted by Gasteiger charge is 2.29. The van der Waals surface area contributed by atoms with Gasteiger partial charge in [0.05, 0.1) is 35.6 Å². The highest BCUT2D eigenvalue weighted by Crippen LogP contribution is 2.42.